The Hall–Kier alpha value is -3.83. The van der Waals surface area contributed by atoms with Crippen LogP contribution in [0.2, 0.25) is 0 Å². The van der Waals surface area contributed by atoms with Crippen LogP contribution in [0.5, 0.6) is 0 Å². The Morgan fingerprint density at radius 2 is 0.489 bits per heavy atom. The van der Waals surface area contributed by atoms with Gasteiger partial charge >= 0.3 is 39.0 Å². The summed E-state index contributed by atoms with van der Waals surface area (Å²) in [6.07, 6.45) is -4.25. The van der Waals surface area contributed by atoms with Crippen molar-refractivity contribution in [2.75, 3.05) is 0 Å². The summed E-state index contributed by atoms with van der Waals surface area (Å²) in [5, 5.41) is 26.5. The van der Waals surface area contributed by atoms with E-state index in [4.69, 9.17) is 19.8 Å². The fraction of sp³-hybridized carbons (Fsp3) is 0. The maximum absolute atomic E-state index is 9.06. The molecule has 0 amide bonds. The van der Waals surface area contributed by atoms with Crippen molar-refractivity contribution in [3.05, 3.63) is 182 Å². The van der Waals surface area contributed by atoms with Gasteiger partial charge in [-0.1, -0.05) is 182 Å². The molecule has 6 aromatic carbocycles. The van der Waals surface area contributed by atoms with E-state index in [9.17, 15) is 0 Å². The quantitative estimate of drug-likeness (QED) is 0.106. The van der Waals surface area contributed by atoms with E-state index in [1.807, 2.05) is 0 Å². The van der Waals surface area contributed by atoms with E-state index < -0.39 is 28.2 Å². The van der Waals surface area contributed by atoms with Crippen LogP contribution in [0, 0.1) is 0 Å². The van der Waals surface area contributed by atoms with Crippen LogP contribution in [-0.4, -0.2) is 12.3 Å². The van der Waals surface area contributed by atoms with Crippen molar-refractivity contribution in [2.45, 2.75) is 0 Å². The van der Waals surface area contributed by atoms with Gasteiger partial charge in [-0.15, -0.1) is 0 Å². The third kappa shape index (κ3) is 13.1. The van der Waals surface area contributed by atoms with Crippen molar-refractivity contribution in [3.8, 4) is 0 Å². The Bertz CT molecular complexity index is 1400. The molecule has 47 heavy (non-hydrogen) atoms. The van der Waals surface area contributed by atoms with E-state index >= 15 is 0 Å². The van der Waals surface area contributed by atoms with Crippen molar-refractivity contribution in [3.63, 3.8) is 0 Å². The van der Waals surface area contributed by atoms with Crippen LogP contribution < -0.4 is 42.0 Å². The summed E-state index contributed by atoms with van der Waals surface area (Å²) in [5.74, 6) is 0. The van der Waals surface area contributed by atoms with Crippen LogP contribution in [0.4, 0.5) is 9.59 Å². The number of carbonyl (C=O) groups excluding carboxylic acids is 2. The van der Waals surface area contributed by atoms with Crippen molar-refractivity contribution in [1.29, 1.82) is 0 Å². The van der Waals surface area contributed by atoms with E-state index in [1.165, 1.54) is 31.8 Å². The monoisotopic (exact) mass is 834 g/mol. The van der Waals surface area contributed by atoms with Crippen LogP contribution in [-0.2, 0) is 43.7 Å². The first-order chi connectivity index (χ1) is 22.0. The molecule has 0 aliphatic carbocycles. The number of hydrogen-bond acceptors (Lipinski definition) is 5. The van der Waals surface area contributed by atoms with Gasteiger partial charge in [0.1, 0.15) is 0 Å². The van der Waals surface area contributed by atoms with Gasteiger partial charge in [-0.25, -0.2) is 0 Å². The zero-order valence-corrected chi connectivity index (χ0v) is 30.0. The standard InChI is InChI=1S/2C18H15P.C2H2O5.2Rh/c2*1-4-10-16(11-5-1)19(17-12-6-2-7-13-17)18-14-8-3-9-15-18;3-1(4)7-2(5)6;;/h2*1-15H;(H,3,4)(H,5,6);;/q;;;2*+1/p-2. The normalized spacial score (nSPS) is 9.66. The smallest absolute Gasteiger partial charge is 0.483 e. The summed E-state index contributed by atoms with van der Waals surface area (Å²) >= 11 is 0. The fourth-order valence-electron chi connectivity index (χ4n) is 4.42. The van der Waals surface area contributed by atoms with Crippen LogP contribution in [0.15, 0.2) is 182 Å². The molecule has 6 aromatic rings. The molecule has 0 saturated heterocycles. The molecule has 0 radical (unpaired) electrons. The summed E-state index contributed by atoms with van der Waals surface area (Å²) in [5.41, 5.74) is 0. The third-order valence-electron chi connectivity index (χ3n) is 6.25. The largest absolute Gasteiger partial charge is 1.00 e. The molecule has 0 aromatic heterocycles. The molecule has 240 valence electrons. The van der Waals surface area contributed by atoms with Crippen LogP contribution in [0.25, 0.3) is 0 Å². The van der Waals surface area contributed by atoms with Gasteiger partial charge in [0.25, 0.3) is 12.3 Å². The molecular formula is C38H30O5P2Rh2. The summed E-state index contributed by atoms with van der Waals surface area (Å²) in [6.45, 7) is 0. The van der Waals surface area contributed by atoms with Gasteiger partial charge in [-0.05, 0) is 47.7 Å². The second-order valence-electron chi connectivity index (χ2n) is 9.29. The second-order valence-corrected chi connectivity index (χ2v) is 13.7. The molecule has 6 rings (SSSR count). The molecule has 5 nitrogen and oxygen atoms in total. The van der Waals surface area contributed by atoms with Gasteiger partial charge in [0.05, 0.1) is 0 Å². The molecule has 0 aliphatic rings. The molecule has 9 heteroatoms. The molecular weight excluding hydrogens is 804 g/mol. The average Bonchev–Trinajstić information content (AvgIpc) is 3.08. The predicted molar refractivity (Wildman–Crippen MR) is 182 cm³/mol. The summed E-state index contributed by atoms with van der Waals surface area (Å²) in [6, 6.07) is 64.7. The minimum Gasteiger partial charge on any atom is -0.483 e. The van der Waals surface area contributed by atoms with Crippen LogP contribution in [0.3, 0.4) is 0 Å². The Kier molecular flexibility index (Phi) is 18.3. The second kappa shape index (κ2) is 21.9. The number of ether oxygens (including phenoxy) is 1. The number of carbonyl (C=O) groups is 2. The minimum absolute atomic E-state index is 0. The van der Waals surface area contributed by atoms with E-state index in [-0.39, 0.29) is 39.0 Å². The molecule has 0 unspecified atom stereocenters. The van der Waals surface area contributed by atoms with Crippen molar-refractivity contribution < 1.29 is 63.5 Å². The number of rotatable bonds is 6. The summed E-state index contributed by atoms with van der Waals surface area (Å²) in [7, 11) is -0.892. The number of benzene rings is 6. The van der Waals surface area contributed by atoms with Crippen LogP contribution in [0.1, 0.15) is 0 Å². The maximum Gasteiger partial charge on any atom is 1.00 e. The molecule has 0 heterocycles. The van der Waals surface area contributed by atoms with Gasteiger partial charge in [0, 0.05) is 0 Å². The van der Waals surface area contributed by atoms with E-state index in [1.54, 1.807) is 0 Å². The van der Waals surface area contributed by atoms with Gasteiger partial charge in [0.15, 0.2) is 0 Å². The summed E-state index contributed by atoms with van der Waals surface area (Å²) < 4.78 is 2.86. The minimum atomic E-state index is -2.12. The van der Waals surface area contributed by atoms with E-state index in [2.05, 4.69) is 187 Å². The van der Waals surface area contributed by atoms with E-state index in [0.717, 1.165) is 0 Å². The topological polar surface area (TPSA) is 89.5 Å². The first-order valence-electron chi connectivity index (χ1n) is 14.0. The van der Waals surface area contributed by atoms with Gasteiger partial charge in [0.2, 0.25) is 0 Å². The Balaban J connectivity index is 0.000000264. The van der Waals surface area contributed by atoms with Gasteiger partial charge in [-0.2, -0.15) is 0 Å². The van der Waals surface area contributed by atoms with Crippen molar-refractivity contribution in [1.82, 2.24) is 0 Å². The molecule has 0 N–H and O–H groups in total. The third-order valence-corrected chi connectivity index (χ3v) is 11.1. The SMILES string of the molecule is O=C([O-])OC(=O)[O-].[Rh+].[Rh+].c1ccc(P(c2ccccc2)c2ccccc2)cc1.c1ccc(P(c2ccccc2)c2ccccc2)cc1. The average molecular weight is 834 g/mol. The first-order valence-corrected chi connectivity index (χ1v) is 16.7. The zero-order chi connectivity index (χ0) is 31.7. The number of carboxylic acid groups (broad SMARTS) is 2. The van der Waals surface area contributed by atoms with Gasteiger partial charge < -0.3 is 24.5 Å². The predicted octanol–water partition coefficient (Wildman–Crippen LogP) is 4.57. The molecule has 0 spiro atoms. The van der Waals surface area contributed by atoms with Gasteiger partial charge in [-0.3, -0.25) is 0 Å². The Morgan fingerprint density at radius 3 is 0.596 bits per heavy atom. The Labute approximate surface area is 303 Å². The number of hydrogen-bond donors (Lipinski definition) is 0. The summed E-state index contributed by atoms with van der Waals surface area (Å²) in [4.78, 5) is 18.1. The molecule has 0 fully saturated rings. The zero-order valence-electron chi connectivity index (χ0n) is 24.9. The molecule has 0 atom stereocenters. The molecule has 0 bridgehead atoms. The van der Waals surface area contributed by atoms with E-state index in [0.29, 0.717) is 0 Å². The Morgan fingerprint density at radius 1 is 0.340 bits per heavy atom. The first kappa shape index (κ1) is 39.3. The van der Waals surface area contributed by atoms with Crippen molar-refractivity contribution >= 4 is 60.0 Å². The fourth-order valence-corrected chi connectivity index (χ4v) is 9.04. The van der Waals surface area contributed by atoms with Crippen molar-refractivity contribution in [2.24, 2.45) is 0 Å². The molecule has 0 saturated carbocycles. The maximum atomic E-state index is 9.06. The van der Waals surface area contributed by atoms with Crippen LogP contribution >= 0.6 is 15.8 Å². The molecule has 0 aliphatic heterocycles.